The Labute approximate surface area is 83.6 Å². The average Bonchev–Trinajstić information content (AvgIpc) is 2.21. The zero-order valence-corrected chi connectivity index (χ0v) is 8.79. The third-order valence-electron chi connectivity index (χ3n) is 1.93. The summed E-state index contributed by atoms with van der Waals surface area (Å²) in [4.78, 5) is 13.9. The summed E-state index contributed by atoms with van der Waals surface area (Å²) < 4.78 is 0. The number of pyridine rings is 1. The number of fused-ring (bicyclic) bond motifs is 1. The van der Waals surface area contributed by atoms with Crippen molar-refractivity contribution in [1.29, 1.82) is 0 Å². The second kappa shape index (κ2) is 4.61. The fourth-order valence-corrected chi connectivity index (χ4v) is 1.31. The molecule has 1 N–H and O–H groups in total. The molecule has 0 saturated carbocycles. The van der Waals surface area contributed by atoms with Crippen LogP contribution in [-0.4, -0.2) is 4.98 Å². The van der Waals surface area contributed by atoms with Crippen LogP contribution in [-0.2, 0) is 0 Å². The molecule has 1 aromatic heterocycles. The van der Waals surface area contributed by atoms with Crippen LogP contribution in [0.1, 0.15) is 19.4 Å². The molecule has 0 aliphatic carbocycles. The Kier molecular flexibility index (Phi) is 3.46. The van der Waals surface area contributed by atoms with Gasteiger partial charge in [0, 0.05) is 11.6 Å². The minimum atomic E-state index is -0.0208. The van der Waals surface area contributed by atoms with Gasteiger partial charge in [0.1, 0.15) is 0 Å². The van der Waals surface area contributed by atoms with Crippen molar-refractivity contribution in [3.05, 3.63) is 46.4 Å². The number of rotatable bonds is 0. The monoisotopic (exact) mass is 189 g/mol. The summed E-state index contributed by atoms with van der Waals surface area (Å²) in [7, 11) is 0. The highest BCUT2D eigenvalue weighted by molar-refractivity contribution is 5.81. The normalized spacial score (nSPS) is 9.36. The minimum absolute atomic E-state index is 0.0208. The predicted molar refractivity (Wildman–Crippen MR) is 60.7 cm³/mol. The van der Waals surface area contributed by atoms with Crippen LogP contribution >= 0.6 is 0 Å². The van der Waals surface area contributed by atoms with Crippen LogP contribution in [0.2, 0.25) is 0 Å². The van der Waals surface area contributed by atoms with Gasteiger partial charge in [0.05, 0.1) is 0 Å². The number of nitrogens with one attached hydrogen (secondary N) is 1. The predicted octanol–water partition coefficient (Wildman–Crippen LogP) is 2.86. The summed E-state index contributed by atoms with van der Waals surface area (Å²) in [5.74, 6) is 0. The molecule has 0 radical (unpaired) electrons. The highest BCUT2D eigenvalue weighted by Crippen LogP contribution is 2.10. The number of aryl methyl sites for hydroxylation is 1. The Balaban J connectivity index is 0.000000461. The maximum Gasteiger partial charge on any atom is 0.255 e. The molecule has 2 heteroatoms. The Morgan fingerprint density at radius 1 is 1.14 bits per heavy atom. The number of aromatic amines is 1. The van der Waals surface area contributed by atoms with E-state index in [9.17, 15) is 4.79 Å². The first-order valence-corrected chi connectivity index (χ1v) is 4.85. The lowest BCUT2D eigenvalue weighted by Gasteiger charge is -1.96. The van der Waals surface area contributed by atoms with E-state index in [4.69, 9.17) is 0 Å². The van der Waals surface area contributed by atoms with Crippen LogP contribution < -0.4 is 5.56 Å². The van der Waals surface area contributed by atoms with Gasteiger partial charge < -0.3 is 4.98 Å². The van der Waals surface area contributed by atoms with E-state index in [1.165, 1.54) is 5.56 Å². The summed E-state index contributed by atoms with van der Waals surface area (Å²) in [6.07, 6.45) is 1.67. The Hall–Kier alpha value is -1.57. The maximum absolute atomic E-state index is 11.2. The lowest BCUT2D eigenvalue weighted by molar-refractivity contribution is 1.27. The first kappa shape index (κ1) is 10.5. The second-order valence-electron chi connectivity index (χ2n) is 2.90. The van der Waals surface area contributed by atoms with Gasteiger partial charge >= 0.3 is 0 Å². The molecule has 1 aromatic carbocycles. The topological polar surface area (TPSA) is 32.9 Å². The summed E-state index contributed by atoms with van der Waals surface area (Å²) >= 11 is 0. The first-order chi connectivity index (χ1) is 6.77. The van der Waals surface area contributed by atoms with E-state index in [-0.39, 0.29) is 5.56 Å². The molecule has 2 nitrogen and oxygen atoms in total. The third-order valence-corrected chi connectivity index (χ3v) is 1.93. The molecule has 0 aliphatic rings. The van der Waals surface area contributed by atoms with Crippen LogP contribution in [0.5, 0.6) is 0 Å². The molecule has 2 aromatic rings. The second-order valence-corrected chi connectivity index (χ2v) is 2.90. The quantitative estimate of drug-likeness (QED) is 0.679. The van der Waals surface area contributed by atoms with Crippen molar-refractivity contribution >= 4 is 10.8 Å². The van der Waals surface area contributed by atoms with Gasteiger partial charge in [0.2, 0.25) is 0 Å². The number of aromatic nitrogens is 1. The molecule has 2 rings (SSSR count). The van der Waals surface area contributed by atoms with E-state index < -0.39 is 0 Å². The van der Waals surface area contributed by atoms with E-state index in [0.29, 0.717) is 0 Å². The van der Waals surface area contributed by atoms with E-state index in [1.807, 2.05) is 45.0 Å². The molecular weight excluding hydrogens is 174 g/mol. The number of benzene rings is 1. The van der Waals surface area contributed by atoms with Crippen molar-refractivity contribution in [3.63, 3.8) is 0 Å². The molecule has 0 bridgehead atoms. The van der Waals surface area contributed by atoms with Gasteiger partial charge in [0.25, 0.3) is 5.56 Å². The molecule has 0 unspecified atom stereocenters. The average molecular weight is 189 g/mol. The Morgan fingerprint density at radius 3 is 2.57 bits per heavy atom. The van der Waals surface area contributed by atoms with Crippen molar-refractivity contribution in [2.75, 3.05) is 0 Å². The zero-order chi connectivity index (χ0) is 10.6. The Morgan fingerprint density at radius 2 is 1.86 bits per heavy atom. The molecule has 1 heterocycles. The highest BCUT2D eigenvalue weighted by atomic mass is 16.1. The van der Waals surface area contributed by atoms with Crippen LogP contribution in [0.25, 0.3) is 10.8 Å². The van der Waals surface area contributed by atoms with Crippen LogP contribution in [0.3, 0.4) is 0 Å². The van der Waals surface area contributed by atoms with E-state index in [2.05, 4.69) is 4.98 Å². The third kappa shape index (κ3) is 2.02. The number of hydrogen-bond donors (Lipinski definition) is 1. The molecule has 0 saturated heterocycles. The molecule has 0 amide bonds. The smallest absolute Gasteiger partial charge is 0.255 e. The highest BCUT2D eigenvalue weighted by Gasteiger charge is 1.95. The van der Waals surface area contributed by atoms with Gasteiger partial charge in [-0.1, -0.05) is 31.5 Å². The fraction of sp³-hybridized carbons (Fsp3) is 0.250. The summed E-state index contributed by atoms with van der Waals surface area (Å²) in [5, 5.41) is 1.75. The molecule has 0 spiro atoms. The van der Waals surface area contributed by atoms with Gasteiger partial charge in [-0.3, -0.25) is 4.79 Å². The van der Waals surface area contributed by atoms with Crippen molar-refractivity contribution in [1.82, 2.24) is 4.98 Å². The fourth-order valence-electron chi connectivity index (χ4n) is 1.31. The van der Waals surface area contributed by atoms with Gasteiger partial charge in [0.15, 0.2) is 0 Å². The van der Waals surface area contributed by atoms with Crippen LogP contribution in [0, 0.1) is 6.92 Å². The molecule has 0 aliphatic heterocycles. The lowest BCUT2D eigenvalue weighted by atomic mass is 10.1. The van der Waals surface area contributed by atoms with Gasteiger partial charge in [-0.05, 0) is 24.4 Å². The van der Waals surface area contributed by atoms with E-state index in [1.54, 1.807) is 6.20 Å². The van der Waals surface area contributed by atoms with Crippen LogP contribution in [0.15, 0.2) is 35.3 Å². The number of hydrogen-bond acceptors (Lipinski definition) is 1. The minimum Gasteiger partial charge on any atom is -0.329 e. The molecule has 0 fully saturated rings. The standard InChI is InChI=1S/C10H9NO.C2H6/c1-7-2-3-9-8(6-7)4-5-11-10(9)12;1-2/h2-6H,1H3,(H,11,12);1-2H3. The van der Waals surface area contributed by atoms with Gasteiger partial charge in [-0.15, -0.1) is 0 Å². The van der Waals surface area contributed by atoms with Crippen molar-refractivity contribution in [3.8, 4) is 0 Å². The van der Waals surface area contributed by atoms with Crippen LogP contribution in [0.4, 0.5) is 0 Å². The summed E-state index contributed by atoms with van der Waals surface area (Å²) in [6, 6.07) is 7.70. The number of H-pyrrole nitrogens is 1. The summed E-state index contributed by atoms with van der Waals surface area (Å²) in [5.41, 5.74) is 1.15. The lowest BCUT2D eigenvalue weighted by Crippen LogP contribution is -2.03. The van der Waals surface area contributed by atoms with Crippen molar-refractivity contribution in [2.24, 2.45) is 0 Å². The molecule has 14 heavy (non-hydrogen) atoms. The molecule has 0 atom stereocenters. The summed E-state index contributed by atoms with van der Waals surface area (Å²) in [6.45, 7) is 6.01. The molecule has 74 valence electrons. The first-order valence-electron chi connectivity index (χ1n) is 4.85. The Bertz CT molecular complexity index is 471. The van der Waals surface area contributed by atoms with Crippen molar-refractivity contribution in [2.45, 2.75) is 20.8 Å². The van der Waals surface area contributed by atoms with E-state index in [0.717, 1.165) is 10.8 Å². The van der Waals surface area contributed by atoms with E-state index >= 15 is 0 Å². The largest absolute Gasteiger partial charge is 0.329 e. The SMILES string of the molecule is CC.Cc1ccc2c(=O)[nH]ccc2c1. The van der Waals surface area contributed by atoms with Gasteiger partial charge in [-0.2, -0.15) is 0 Å². The van der Waals surface area contributed by atoms with Crippen molar-refractivity contribution < 1.29 is 0 Å². The molecular formula is C12H15NO. The zero-order valence-electron chi connectivity index (χ0n) is 8.79. The maximum atomic E-state index is 11.2. The van der Waals surface area contributed by atoms with Gasteiger partial charge in [-0.25, -0.2) is 0 Å².